The van der Waals surface area contributed by atoms with Crippen LogP contribution in [-0.4, -0.2) is 23.8 Å². The Morgan fingerprint density at radius 2 is 1.24 bits per heavy atom. The van der Waals surface area contributed by atoms with E-state index in [0.717, 1.165) is 30.6 Å². The van der Waals surface area contributed by atoms with Crippen LogP contribution < -0.4 is 0 Å². The fraction of sp³-hybridized carbons (Fsp3) is 0.296. The largest absolute Gasteiger partial charge is 0.297 e. The molecule has 0 aliphatic rings. The lowest BCUT2D eigenvalue weighted by Gasteiger charge is -2.25. The van der Waals surface area contributed by atoms with Crippen molar-refractivity contribution in [3.05, 3.63) is 108 Å². The number of carbonyl (C=O) groups is 1. The summed E-state index contributed by atoms with van der Waals surface area (Å²) in [6.07, 6.45) is 1.08. The van der Waals surface area contributed by atoms with E-state index in [1.165, 1.54) is 5.56 Å². The minimum atomic E-state index is -0.227. The number of hydrogen-bond donors (Lipinski definition) is 0. The van der Waals surface area contributed by atoms with E-state index >= 15 is 0 Å². The SMILES string of the molecule is CC(C)CCN(CC(=O)C(c1ccccc1)c1ccccc1)Cc1ccccc1. The summed E-state index contributed by atoms with van der Waals surface area (Å²) in [4.78, 5) is 15.8. The Labute approximate surface area is 175 Å². The number of nitrogens with zero attached hydrogens (tertiary/aromatic N) is 1. The highest BCUT2D eigenvalue weighted by Crippen LogP contribution is 2.26. The second-order valence-electron chi connectivity index (χ2n) is 8.10. The Balaban J connectivity index is 1.82. The average Bonchev–Trinajstić information content (AvgIpc) is 2.74. The topological polar surface area (TPSA) is 20.3 Å². The first-order valence-electron chi connectivity index (χ1n) is 10.5. The highest BCUT2D eigenvalue weighted by atomic mass is 16.1. The summed E-state index contributed by atoms with van der Waals surface area (Å²) in [5.41, 5.74) is 3.37. The maximum Gasteiger partial charge on any atom is 0.158 e. The number of benzene rings is 3. The van der Waals surface area contributed by atoms with Crippen molar-refractivity contribution in [2.45, 2.75) is 32.7 Å². The van der Waals surface area contributed by atoms with Crippen molar-refractivity contribution in [1.29, 1.82) is 0 Å². The van der Waals surface area contributed by atoms with Gasteiger partial charge in [-0.2, -0.15) is 0 Å². The normalized spacial score (nSPS) is 11.3. The second-order valence-corrected chi connectivity index (χ2v) is 8.10. The van der Waals surface area contributed by atoms with Gasteiger partial charge in [-0.25, -0.2) is 0 Å². The van der Waals surface area contributed by atoms with E-state index in [1.54, 1.807) is 0 Å². The van der Waals surface area contributed by atoms with Gasteiger partial charge in [-0.05, 0) is 35.6 Å². The average molecular weight is 386 g/mol. The van der Waals surface area contributed by atoms with Gasteiger partial charge in [-0.3, -0.25) is 9.69 Å². The monoisotopic (exact) mass is 385 g/mol. The first-order valence-corrected chi connectivity index (χ1v) is 10.5. The van der Waals surface area contributed by atoms with Gasteiger partial charge in [-0.1, -0.05) is 105 Å². The molecule has 0 bridgehead atoms. The van der Waals surface area contributed by atoms with Crippen molar-refractivity contribution in [2.24, 2.45) is 5.92 Å². The zero-order valence-corrected chi connectivity index (χ0v) is 17.5. The van der Waals surface area contributed by atoms with Crippen molar-refractivity contribution in [1.82, 2.24) is 4.90 Å². The minimum Gasteiger partial charge on any atom is -0.297 e. The van der Waals surface area contributed by atoms with Crippen LogP contribution >= 0.6 is 0 Å². The second kappa shape index (κ2) is 10.7. The summed E-state index contributed by atoms with van der Waals surface area (Å²) in [5, 5.41) is 0. The van der Waals surface area contributed by atoms with E-state index < -0.39 is 0 Å². The Hall–Kier alpha value is -2.71. The van der Waals surface area contributed by atoms with Gasteiger partial charge in [0.1, 0.15) is 0 Å². The number of hydrogen-bond acceptors (Lipinski definition) is 2. The molecule has 29 heavy (non-hydrogen) atoms. The van der Waals surface area contributed by atoms with Crippen LogP contribution in [0.3, 0.4) is 0 Å². The highest BCUT2D eigenvalue weighted by molar-refractivity contribution is 5.90. The van der Waals surface area contributed by atoms with Crippen LogP contribution in [0.4, 0.5) is 0 Å². The molecule has 0 fully saturated rings. The minimum absolute atomic E-state index is 0.227. The van der Waals surface area contributed by atoms with Crippen molar-refractivity contribution in [3.63, 3.8) is 0 Å². The molecule has 0 saturated carbocycles. The molecule has 3 aromatic rings. The van der Waals surface area contributed by atoms with Gasteiger partial charge in [0.05, 0.1) is 12.5 Å². The molecular formula is C27H31NO. The van der Waals surface area contributed by atoms with Crippen molar-refractivity contribution in [3.8, 4) is 0 Å². The molecule has 3 aromatic carbocycles. The molecule has 0 radical (unpaired) electrons. The summed E-state index contributed by atoms with van der Waals surface area (Å²) >= 11 is 0. The van der Waals surface area contributed by atoms with Gasteiger partial charge in [0.15, 0.2) is 5.78 Å². The number of Topliss-reactive ketones (excluding diaryl/α,β-unsaturated/α-hetero) is 1. The van der Waals surface area contributed by atoms with Crippen molar-refractivity contribution >= 4 is 5.78 Å². The van der Waals surface area contributed by atoms with E-state index in [4.69, 9.17) is 0 Å². The lowest BCUT2D eigenvalue weighted by molar-refractivity contribution is -0.121. The molecule has 2 nitrogen and oxygen atoms in total. The number of carbonyl (C=O) groups excluding carboxylic acids is 1. The molecule has 0 aromatic heterocycles. The summed E-state index contributed by atoms with van der Waals surface area (Å²) in [6.45, 7) is 6.65. The van der Waals surface area contributed by atoms with Gasteiger partial charge in [0.2, 0.25) is 0 Å². The zero-order valence-electron chi connectivity index (χ0n) is 17.5. The Bertz CT molecular complexity index is 819. The third kappa shape index (κ3) is 6.40. The van der Waals surface area contributed by atoms with Crippen LogP contribution in [0.2, 0.25) is 0 Å². The lowest BCUT2D eigenvalue weighted by atomic mass is 9.87. The first kappa shape index (κ1) is 21.0. The van der Waals surface area contributed by atoms with Crippen LogP contribution in [0.5, 0.6) is 0 Å². The summed E-state index contributed by atoms with van der Waals surface area (Å²) in [5.74, 6) is 0.638. The Morgan fingerprint density at radius 1 is 0.759 bits per heavy atom. The number of ketones is 1. The summed E-state index contributed by atoms with van der Waals surface area (Å²) in [7, 11) is 0. The first-order chi connectivity index (χ1) is 14.1. The smallest absolute Gasteiger partial charge is 0.158 e. The molecule has 0 saturated heterocycles. The molecule has 0 unspecified atom stereocenters. The molecule has 0 heterocycles. The van der Waals surface area contributed by atoms with E-state index in [2.05, 4.69) is 67.3 Å². The molecule has 0 aliphatic carbocycles. The predicted molar refractivity (Wildman–Crippen MR) is 121 cm³/mol. The van der Waals surface area contributed by atoms with Gasteiger partial charge >= 0.3 is 0 Å². The third-order valence-electron chi connectivity index (χ3n) is 5.24. The van der Waals surface area contributed by atoms with Crippen LogP contribution in [0, 0.1) is 5.92 Å². The van der Waals surface area contributed by atoms with E-state index in [9.17, 15) is 4.79 Å². The van der Waals surface area contributed by atoms with Gasteiger partial charge in [-0.15, -0.1) is 0 Å². The molecule has 0 aliphatic heterocycles. The maximum atomic E-state index is 13.5. The summed E-state index contributed by atoms with van der Waals surface area (Å²) in [6, 6.07) is 30.7. The summed E-state index contributed by atoms with van der Waals surface area (Å²) < 4.78 is 0. The maximum absolute atomic E-state index is 13.5. The molecule has 0 amide bonds. The molecule has 0 atom stereocenters. The molecule has 150 valence electrons. The van der Waals surface area contributed by atoms with Gasteiger partial charge in [0, 0.05) is 6.54 Å². The third-order valence-corrected chi connectivity index (χ3v) is 5.24. The predicted octanol–water partition coefficient (Wildman–Crippen LogP) is 5.94. The van der Waals surface area contributed by atoms with Crippen LogP contribution in [0.1, 0.15) is 42.9 Å². The van der Waals surface area contributed by atoms with Crippen molar-refractivity contribution in [2.75, 3.05) is 13.1 Å². The van der Waals surface area contributed by atoms with E-state index in [1.807, 2.05) is 42.5 Å². The van der Waals surface area contributed by atoms with Crippen LogP contribution in [0.15, 0.2) is 91.0 Å². The molecule has 3 rings (SSSR count). The van der Waals surface area contributed by atoms with Crippen LogP contribution in [-0.2, 0) is 11.3 Å². The van der Waals surface area contributed by atoms with Gasteiger partial charge in [0.25, 0.3) is 0 Å². The van der Waals surface area contributed by atoms with E-state index in [0.29, 0.717) is 12.5 Å². The fourth-order valence-electron chi connectivity index (χ4n) is 3.66. The van der Waals surface area contributed by atoms with Gasteiger partial charge < -0.3 is 0 Å². The van der Waals surface area contributed by atoms with E-state index in [-0.39, 0.29) is 11.7 Å². The highest BCUT2D eigenvalue weighted by Gasteiger charge is 2.24. The zero-order chi connectivity index (χ0) is 20.5. The molecular weight excluding hydrogens is 354 g/mol. The molecule has 2 heteroatoms. The standard InChI is InChI=1S/C27H31NO/c1-22(2)18-19-28(20-23-12-6-3-7-13-23)21-26(29)27(24-14-8-4-9-15-24)25-16-10-5-11-17-25/h3-17,22,27H,18-21H2,1-2H3. The lowest BCUT2D eigenvalue weighted by Crippen LogP contribution is -2.34. The quantitative estimate of drug-likeness (QED) is 0.431. The molecule has 0 N–H and O–H groups in total. The van der Waals surface area contributed by atoms with Crippen molar-refractivity contribution < 1.29 is 4.79 Å². The fourth-order valence-corrected chi connectivity index (χ4v) is 3.66. The molecule has 0 spiro atoms. The Kier molecular flexibility index (Phi) is 7.77. The Morgan fingerprint density at radius 3 is 1.72 bits per heavy atom. The van der Waals surface area contributed by atoms with Crippen LogP contribution in [0.25, 0.3) is 0 Å². The number of rotatable bonds is 10.